The summed E-state index contributed by atoms with van der Waals surface area (Å²) in [7, 11) is 0. The predicted molar refractivity (Wildman–Crippen MR) is 101 cm³/mol. The van der Waals surface area contributed by atoms with Gasteiger partial charge in [-0.15, -0.1) is 0 Å². The van der Waals surface area contributed by atoms with E-state index in [0.29, 0.717) is 16.7 Å². The quantitative estimate of drug-likeness (QED) is 0.784. The maximum atomic E-state index is 12.7. The highest BCUT2D eigenvalue weighted by Crippen LogP contribution is 2.27. The molecule has 4 rings (SSSR count). The molecule has 1 N–H and O–H groups in total. The number of carbonyl (C=O) groups is 1. The molecule has 2 aromatic heterocycles. The normalized spacial score (nSPS) is 14.4. The van der Waals surface area contributed by atoms with Crippen molar-refractivity contribution in [2.45, 2.75) is 19.3 Å². The third-order valence-corrected chi connectivity index (χ3v) is 4.60. The zero-order chi connectivity index (χ0) is 17.9. The van der Waals surface area contributed by atoms with Crippen LogP contribution in [0.25, 0.3) is 11.0 Å². The number of anilines is 2. The van der Waals surface area contributed by atoms with Crippen LogP contribution in [-0.2, 0) is 0 Å². The highest BCUT2D eigenvalue weighted by atomic mass is 16.3. The second-order valence-electron chi connectivity index (χ2n) is 6.37. The van der Waals surface area contributed by atoms with Crippen molar-refractivity contribution in [1.82, 2.24) is 4.98 Å². The second kappa shape index (κ2) is 7.00. The van der Waals surface area contributed by atoms with Gasteiger partial charge in [-0.3, -0.25) is 14.6 Å². The van der Waals surface area contributed by atoms with E-state index in [1.807, 2.05) is 6.07 Å². The van der Waals surface area contributed by atoms with E-state index in [4.69, 9.17) is 4.42 Å². The largest absolute Gasteiger partial charge is 0.451 e. The number of piperidine rings is 1. The van der Waals surface area contributed by atoms with Gasteiger partial charge in [0.15, 0.2) is 11.2 Å². The Morgan fingerprint density at radius 3 is 2.77 bits per heavy atom. The van der Waals surface area contributed by atoms with E-state index in [1.165, 1.54) is 12.5 Å². The van der Waals surface area contributed by atoms with Crippen molar-refractivity contribution < 1.29 is 9.21 Å². The maximum absolute atomic E-state index is 12.7. The number of fused-ring (bicyclic) bond motifs is 1. The topological polar surface area (TPSA) is 75.4 Å². The molecule has 1 saturated heterocycles. The molecule has 1 amide bonds. The molecule has 0 saturated carbocycles. The molecular weight excluding hydrogens is 330 g/mol. The lowest BCUT2D eigenvalue weighted by atomic mass is 10.1. The lowest BCUT2D eigenvalue weighted by molar-refractivity contribution is 0.0997. The minimum Gasteiger partial charge on any atom is -0.451 e. The smallest absolute Gasteiger partial charge is 0.291 e. The molecule has 3 aromatic rings. The number of para-hydroxylation sites is 1. The number of pyridine rings is 1. The van der Waals surface area contributed by atoms with E-state index >= 15 is 0 Å². The molecule has 0 bridgehead atoms. The van der Waals surface area contributed by atoms with Crippen LogP contribution >= 0.6 is 0 Å². The van der Waals surface area contributed by atoms with Crippen molar-refractivity contribution in [3.8, 4) is 0 Å². The molecule has 132 valence electrons. The maximum Gasteiger partial charge on any atom is 0.291 e. The number of nitrogens with one attached hydrogen (secondary N) is 1. The van der Waals surface area contributed by atoms with E-state index in [9.17, 15) is 9.59 Å². The number of benzene rings is 1. The van der Waals surface area contributed by atoms with Gasteiger partial charge < -0.3 is 14.6 Å². The van der Waals surface area contributed by atoms with Crippen molar-refractivity contribution in [2.24, 2.45) is 0 Å². The van der Waals surface area contributed by atoms with Crippen LogP contribution < -0.4 is 15.6 Å². The number of rotatable bonds is 3. The monoisotopic (exact) mass is 349 g/mol. The van der Waals surface area contributed by atoms with Gasteiger partial charge in [0, 0.05) is 25.4 Å². The zero-order valence-electron chi connectivity index (χ0n) is 14.3. The zero-order valence-corrected chi connectivity index (χ0v) is 14.3. The van der Waals surface area contributed by atoms with Gasteiger partial charge in [-0.1, -0.05) is 12.1 Å². The third kappa shape index (κ3) is 3.18. The van der Waals surface area contributed by atoms with Crippen LogP contribution in [0.5, 0.6) is 0 Å². The summed E-state index contributed by atoms with van der Waals surface area (Å²) in [6, 6.07) is 10.0. The van der Waals surface area contributed by atoms with Crippen molar-refractivity contribution >= 4 is 28.3 Å². The number of amides is 1. The van der Waals surface area contributed by atoms with Crippen molar-refractivity contribution in [3.63, 3.8) is 0 Å². The van der Waals surface area contributed by atoms with E-state index in [-0.39, 0.29) is 11.2 Å². The number of hydrogen-bond acceptors (Lipinski definition) is 5. The first kappa shape index (κ1) is 16.3. The first-order valence-electron chi connectivity index (χ1n) is 8.75. The summed E-state index contributed by atoms with van der Waals surface area (Å²) in [5.74, 6) is -0.471. The summed E-state index contributed by atoms with van der Waals surface area (Å²) in [5.41, 5.74) is 1.72. The van der Waals surface area contributed by atoms with Crippen LogP contribution in [0.4, 0.5) is 11.4 Å². The summed E-state index contributed by atoms with van der Waals surface area (Å²) in [6.07, 6.45) is 6.84. The molecule has 1 aliphatic heterocycles. The van der Waals surface area contributed by atoms with Gasteiger partial charge >= 0.3 is 0 Å². The number of aromatic nitrogens is 1. The summed E-state index contributed by atoms with van der Waals surface area (Å²) in [4.78, 5) is 31.2. The summed E-state index contributed by atoms with van der Waals surface area (Å²) in [6.45, 7) is 1.91. The SMILES string of the molecule is O=C(Nc1cnccc1N1CCCCC1)c1cc(=O)c2ccccc2o1. The van der Waals surface area contributed by atoms with Gasteiger partial charge in [-0.2, -0.15) is 0 Å². The van der Waals surface area contributed by atoms with Crippen LogP contribution in [0.2, 0.25) is 0 Å². The minimum absolute atomic E-state index is 0.0119. The van der Waals surface area contributed by atoms with E-state index in [0.717, 1.165) is 31.6 Å². The molecule has 26 heavy (non-hydrogen) atoms. The first-order valence-corrected chi connectivity index (χ1v) is 8.75. The van der Waals surface area contributed by atoms with Gasteiger partial charge in [0.1, 0.15) is 5.58 Å². The Hall–Kier alpha value is -3.15. The molecule has 1 fully saturated rings. The van der Waals surface area contributed by atoms with Crippen molar-refractivity contribution in [2.75, 3.05) is 23.3 Å². The number of hydrogen-bond donors (Lipinski definition) is 1. The molecule has 6 heteroatoms. The van der Waals surface area contributed by atoms with Gasteiger partial charge in [-0.05, 0) is 37.5 Å². The number of carbonyl (C=O) groups excluding carboxylic acids is 1. The summed E-state index contributed by atoms with van der Waals surface area (Å²) < 4.78 is 5.62. The van der Waals surface area contributed by atoms with Crippen molar-refractivity contribution in [3.05, 3.63) is 64.8 Å². The average molecular weight is 349 g/mol. The molecule has 1 aliphatic rings. The standard InChI is InChI=1S/C20H19N3O3/c24-17-12-19(26-18-7-3-2-6-14(17)18)20(25)22-15-13-21-9-8-16(15)23-10-4-1-5-11-23/h2-3,6-9,12-13H,1,4-5,10-11H2,(H,22,25). The molecule has 0 aliphatic carbocycles. The molecule has 0 atom stereocenters. The predicted octanol–water partition coefficient (Wildman–Crippen LogP) is 3.43. The van der Waals surface area contributed by atoms with E-state index < -0.39 is 5.91 Å². The molecular formula is C20H19N3O3. The summed E-state index contributed by atoms with van der Waals surface area (Å²) in [5, 5.41) is 3.30. The van der Waals surface area contributed by atoms with Crippen LogP contribution in [0.3, 0.4) is 0 Å². The van der Waals surface area contributed by atoms with Crippen LogP contribution in [0, 0.1) is 0 Å². The fourth-order valence-electron chi connectivity index (χ4n) is 3.29. The van der Waals surface area contributed by atoms with Gasteiger partial charge in [0.05, 0.1) is 23.0 Å². The molecule has 1 aromatic carbocycles. The van der Waals surface area contributed by atoms with Crippen LogP contribution in [-0.4, -0.2) is 24.0 Å². The lowest BCUT2D eigenvalue weighted by Gasteiger charge is -2.30. The summed E-state index contributed by atoms with van der Waals surface area (Å²) >= 11 is 0. The second-order valence-corrected chi connectivity index (χ2v) is 6.37. The number of nitrogens with zero attached hydrogens (tertiary/aromatic N) is 2. The highest BCUT2D eigenvalue weighted by Gasteiger charge is 2.18. The Morgan fingerprint density at radius 1 is 1.12 bits per heavy atom. The Bertz CT molecular complexity index is 1010. The Balaban J connectivity index is 1.64. The third-order valence-electron chi connectivity index (χ3n) is 4.60. The lowest BCUT2D eigenvalue weighted by Crippen LogP contribution is -2.30. The fraction of sp³-hybridized carbons (Fsp3) is 0.250. The van der Waals surface area contributed by atoms with Gasteiger partial charge in [0.25, 0.3) is 5.91 Å². The first-order chi connectivity index (χ1) is 12.7. The fourth-order valence-corrected chi connectivity index (χ4v) is 3.29. The van der Waals surface area contributed by atoms with Crippen LogP contribution in [0.1, 0.15) is 29.8 Å². The van der Waals surface area contributed by atoms with Crippen LogP contribution in [0.15, 0.2) is 58.0 Å². The van der Waals surface area contributed by atoms with Crippen molar-refractivity contribution in [1.29, 1.82) is 0 Å². The molecule has 0 spiro atoms. The van der Waals surface area contributed by atoms with E-state index in [2.05, 4.69) is 15.2 Å². The Kier molecular flexibility index (Phi) is 4.39. The van der Waals surface area contributed by atoms with E-state index in [1.54, 1.807) is 36.7 Å². The molecule has 6 nitrogen and oxygen atoms in total. The Morgan fingerprint density at radius 2 is 1.92 bits per heavy atom. The average Bonchev–Trinajstić information content (AvgIpc) is 2.69. The van der Waals surface area contributed by atoms with Gasteiger partial charge in [0.2, 0.25) is 0 Å². The van der Waals surface area contributed by atoms with Gasteiger partial charge in [-0.25, -0.2) is 0 Å². The highest BCUT2D eigenvalue weighted by molar-refractivity contribution is 6.04. The molecule has 0 unspecified atom stereocenters. The molecule has 3 heterocycles. The Labute approximate surface area is 150 Å². The minimum atomic E-state index is -0.459. The molecule has 0 radical (unpaired) electrons.